The van der Waals surface area contributed by atoms with E-state index in [-0.39, 0.29) is 23.0 Å². The fraction of sp³-hybridized carbons (Fsp3) is 0.125. The molecule has 0 heterocycles. The Bertz CT molecular complexity index is 635. The molecule has 0 saturated carbocycles. The van der Waals surface area contributed by atoms with Gasteiger partial charge in [0.25, 0.3) is 5.91 Å². The molecule has 0 bridgehead atoms. The van der Waals surface area contributed by atoms with Gasteiger partial charge in [-0.15, -0.1) is 0 Å². The molecular formula is C16H15NO3. The van der Waals surface area contributed by atoms with Gasteiger partial charge >= 0.3 is 0 Å². The first-order chi connectivity index (χ1) is 9.58. The van der Waals surface area contributed by atoms with E-state index in [1.807, 2.05) is 30.3 Å². The van der Waals surface area contributed by atoms with Gasteiger partial charge < -0.3 is 10.4 Å². The predicted molar refractivity (Wildman–Crippen MR) is 75.7 cm³/mol. The lowest BCUT2D eigenvalue weighted by Gasteiger charge is -2.07. The van der Waals surface area contributed by atoms with E-state index in [9.17, 15) is 14.7 Å². The van der Waals surface area contributed by atoms with Crippen molar-refractivity contribution < 1.29 is 14.7 Å². The maximum absolute atomic E-state index is 12.0. The zero-order valence-electron chi connectivity index (χ0n) is 11.1. The summed E-state index contributed by atoms with van der Waals surface area (Å²) in [5, 5.41) is 12.3. The number of hydrogen-bond donors (Lipinski definition) is 2. The first kappa shape index (κ1) is 13.8. The lowest BCUT2D eigenvalue weighted by molar-refractivity contribution is 0.0951. The van der Waals surface area contributed by atoms with E-state index in [0.29, 0.717) is 12.1 Å². The van der Waals surface area contributed by atoms with Crippen LogP contribution < -0.4 is 5.32 Å². The Balaban J connectivity index is 2.10. The molecule has 0 saturated heterocycles. The lowest BCUT2D eigenvalue weighted by Crippen LogP contribution is -2.23. The summed E-state index contributed by atoms with van der Waals surface area (Å²) in [7, 11) is 0. The van der Waals surface area contributed by atoms with Crippen molar-refractivity contribution in [2.24, 2.45) is 0 Å². The molecule has 102 valence electrons. The van der Waals surface area contributed by atoms with Gasteiger partial charge in [-0.25, -0.2) is 0 Å². The number of rotatable bonds is 4. The number of carbonyl (C=O) groups is 2. The summed E-state index contributed by atoms with van der Waals surface area (Å²) >= 11 is 0. The normalized spacial score (nSPS) is 10.1. The Kier molecular flexibility index (Phi) is 4.15. The van der Waals surface area contributed by atoms with Crippen LogP contribution in [0.4, 0.5) is 0 Å². The largest absolute Gasteiger partial charge is 0.507 e. The number of ketones is 1. The van der Waals surface area contributed by atoms with E-state index >= 15 is 0 Å². The van der Waals surface area contributed by atoms with E-state index in [0.717, 1.165) is 5.56 Å². The van der Waals surface area contributed by atoms with Crippen molar-refractivity contribution >= 4 is 11.7 Å². The molecule has 0 aliphatic carbocycles. The van der Waals surface area contributed by atoms with E-state index in [4.69, 9.17) is 0 Å². The summed E-state index contributed by atoms with van der Waals surface area (Å²) < 4.78 is 0. The van der Waals surface area contributed by atoms with Gasteiger partial charge in [0.05, 0.1) is 5.56 Å². The van der Waals surface area contributed by atoms with Crippen molar-refractivity contribution in [3.63, 3.8) is 0 Å². The summed E-state index contributed by atoms with van der Waals surface area (Å²) in [6, 6.07) is 13.8. The average Bonchev–Trinajstić information content (AvgIpc) is 2.46. The lowest BCUT2D eigenvalue weighted by atomic mass is 10.1. The quantitative estimate of drug-likeness (QED) is 0.838. The summed E-state index contributed by atoms with van der Waals surface area (Å²) in [4.78, 5) is 23.3. The van der Waals surface area contributed by atoms with Crippen molar-refractivity contribution in [1.82, 2.24) is 5.32 Å². The van der Waals surface area contributed by atoms with Crippen LogP contribution in [0, 0.1) is 0 Å². The number of phenolic OH excluding ortho intramolecular Hbond substituents is 1. The van der Waals surface area contributed by atoms with Crippen LogP contribution in [0.15, 0.2) is 48.5 Å². The second-order valence-electron chi connectivity index (χ2n) is 4.46. The number of amides is 1. The molecule has 0 radical (unpaired) electrons. The first-order valence-electron chi connectivity index (χ1n) is 6.24. The zero-order chi connectivity index (χ0) is 14.5. The highest BCUT2D eigenvalue weighted by molar-refractivity contribution is 6.01. The fourth-order valence-electron chi connectivity index (χ4n) is 1.84. The second kappa shape index (κ2) is 6.02. The summed E-state index contributed by atoms with van der Waals surface area (Å²) in [6.45, 7) is 1.76. The number of phenols is 1. The molecule has 0 spiro atoms. The minimum atomic E-state index is -0.281. The molecule has 0 aromatic heterocycles. The van der Waals surface area contributed by atoms with Gasteiger partial charge in [-0.1, -0.05) is 30.3 Å². The van der Waals surface area contributed by atoms with Crippen LogP contribution in [0.1, 0.15) is 33.2 Å². The third-order valence-electron chi connectivity index (χ3n) is 2.93. The van der Waals surface area contributed by atoms with Gasteiger partial charge in [0, 0.05) is 12.1 Å². The molecule has 2 N–H and O–H groups in total. The van der Waals surface area contributed by atoms with Crippen molar-refractivity contribution in [3.8, 4) is 5.75 Å². The van der Waals surface area contributed by atoms with Gasteiger partial charge in [-0.2, -0.15) is 0 Å². The molecule has 0 aliphatic heterocycles. The van der Waals surface area contributed by atoms with E-state index < -0.39 is 0 Å². The van der Waals surface area contributed by atoms with E-state index in [2.05, 4.69) is 5.32 Å². The highest BCUT2D eigenvalue weighted by Gasteiger charge is 2.11. The Morgan fingerprint density at radius 3 is 2.45 bits per heavy atom. The molecule has 20 heavy (non-hydrogen) atoms. The third kappa shape index (κ3) is 3.23. The van der Waals surface area contributed by atoms with Crippen molar-refractivity contribution in [1.29, 1.82) is 0 Å². The number of hydrogen-bond acceptors (Lipinski definition) is 3. The van der Waals surface area contributed by atoms with Crippen LogP contribution in [0.5, 0.6) is 5.75 Å². The Hall–Kier alpha value is -2.62. The van der Waals surface area contributed by atoms with Gasteiger partial charge in [0.2, 0.25) is 0 Å². The molecule has 0 unspecified atom stereocenters. The molecule has 4 heteroatoms. The highest BCUT2D eigenvalue weighted by Crippen LogP contribution is 2.19. The smallest absolute Gasteiger partial charge is 0.251 e. The van der Waals surface area contributed by atoms with Crippen LogP contribution in [0.2, 0.25) is 0 Å². The number of Topliss-reactive ketones (excluding diaryl/α,β-unsaturated/α-hetero) is 1. The topological polar surface area (TPSA) is 66.4 Å². The Morgan fingerprint density at radius 1 is 1.10 bits per heavy atom. The molecule has 2 aromatic carbocycles. The molecule has 1 amide bonds. The molecule has 0 atom stereocenters. The van der Waals surface area contributed by atoms with Crippen LogP contribution in [0.25, 0.3) is 0 Å². The van der Waals surface area contributed by atoms with E-state index in [1.54, 1.807) is 0 Å². The second-order valence-corrected chi connectivity index (χ2v) is 4.46. The summed E-state index contributed by atoms with van der Waals surface area (Å²) in [5.74, 6) is -0.673. The maximum atomic E-state index is 12.0. The number of carbonyl (C=O) groups excluding carboxylic acids is 2. The van der Waals surface area contributed by atoms with Crippen LogP contribution in [0.3, 0.4) is 0 Å². The standard InChI is InChI=1S/C16H15NO3/c1-11(18)14-9-13(7-8-15(14)19)16(20)17-10-12-5-3-2-4-6-12/h2-9,19H,10H2,1H3,(H,17,20). The van der Waals surface area contributed by atoms with Gasteiger partial charge in [-0.3, -0.25) is 9.59 Å². The molecule has 0 fully saturated rings. The van der Waals surface area contributed by atoms with Gasteiger partial charge in [0.1, 0.15) is 5.75 Å². The predicted octanol–water partition coefficient (Wildman–Crippen LogP) is 2.52. The third-order valence-corrected chi connectivity index (χ3v) is 2.93. The molecule has 0 aliphatic rings. The minimum Gasteiger partial charge on any atom is -0.507 e. The highest BCUT2D eigenvalue weighted by atomic mass is 16.3. The number of nitrogens with one attached hydrogen (secondary N) is 1. The van der Waals surface area contributed by atoms with Crippen molar-refractivity contribution in [2.75, 3.05) is 0 Å². The average molecular weight is 269 g/mol. The van der Waals surface area contributed by atoms with Crippen molar-refractivity contribution in [2.45, 2.75) is 13.5 Å². The van der Waals surface area contributed by atoms with Gasteiger partial charge in [0.15, 0.2) is 5.78 Å². The monoisotopic (exact) mass is 269 g/mol. The molecule has 2 rings (SSSR count). The fourth-order valence-corrected chi connectivity index (χ4v) is 1.84. The number of benzene rings is 2. The summed E-state index contributed by atoms with van der Waals surface area (Å²) in [5.41, 5.74) is 1.49. The first-order valence-corrected chi connectivity index (χ1v) is 6.24. The number of aromatic hydroxyl groups is 1. The maximum Gasteiger partial charge on any atom is 0.251 e. The minimum absolute atomic E-state index is 0.114. The van der Waals surface area contributed by atoms with Crippen LogP contribution in [-0.4, -0.2) is 16.8 Å². The molecular weight excluding hydrogens is 254 g/mol. The molecule has 2 aromatic rings. The van der Waals surface area contributed by atoms with Crippen LogP contribution >= 0.6 is 0 Å². The van der Waals surface area contributed by atoms with Crippen molar-refractivity contribution in [3.05, 3.63) is 65.2 Å². The Labute approximate surface area is 117 Å². The SMILES string of the molecule is CC(=O)c1cc(C(=O)NCc2ccccc2)ccc1O. The zero-order valence-corrected chi connectivity index (χ0v) is 11.1. The van der Waals surface area contributed by atoms with Crippen LogP contribution in [-0.2, 0) is 6.54 Å². The summed E-state index contributed by atoms with van der Waals surface area (Å²) in [6.07, 6.45) is 0. The molecule has 4 nitrogen and oxygen atoms in total. The van der Waals surface area contributed by atoms with E-state index in [1.165, 1.54) is 25.1 Å². The van der Waals surface area contributed by atoms with Gasteiger partial charge in [-0.05, 0) is 30.7 Å². The Morgan fingerprint density at radius 2 is 1.80 bits per heavy atom.